The fourth-order valence-electron chi connectivity index (χ4n) is 2.58. The van der Waals surface area contributed by atoms with E-state index >= 15 is 0 Å². The maximum Gasteiger partial charge on any atom is 0.253 e. The zero-order valence-electron chi connectivity index (χ0n) is 13.2. The Labute approximate surface area is 139 Å². The highest BCUT2D eigenvalue weighted by molar-refractivity contribution is 5.99. The summed E-state index contributed by atoms with van der Waals surface area (Å²) in [5.74, 6) is -0.651. The number of nitrogens with zero attached hydrogens (tertiary/aromatic N) is 1. The molecule has 0 bridgehead atoms. The van der Waals surface area contributed by atoms with Gasteiger partial charge in [-0.1, -0.05) is 12.1 Å². The van der Waals surface area contributed by atoms with Crippen LogP contribution in [0, 0.1) is 0 Å². The van der Waals surface area contributed by atoms with Crippen molar-refractivity contribution in [3.63, 3.8) is 0 Å². The second-order valence-corrected chi connectivity index (χ2v) is 5.99. The Morgan fingerprint density at radius 3 is 2.71 bits per heavy atom. The minimum atomic E-state index is -0.343. The van der Waals surface area contributed by atoms with Gasteiger partial charge in [-0.05, 0) is 42.7 Å². The number of rotatable bonds is 6. The first kappa shape index (κ1) is 16.1. The van der Waals surface area contributed by atoms with Crippen molar-refractivity contribution >= 4 is 17.5 Å². The summed E-state index contributed by atoms with van der Waals surface area (Å²) in [4.78, 5) is 27.7. The highest BCUT2D eigenvalue weighted by atomic mass is 16.3. The fraction of sp³-hybridized carbons (Fsp3) is 0.278. The first-order chi connectivity index (χ1) is 11.6. The van der Waals surface area contributed by atoms with Crippen LogP contribution >= 0.6 is 0 Å². The Kier molecular flexibility index (Phi) is 4.57. The number of aromatic nitrogens is 1. The number of nitrogens with one attached hydrogen (secondary N) is 2. The van der Waals surface area contributed by atoms with Crippen LogP contribution in [0.1, 0.15) is 28.8 Å². The van der Waals surface area contributed by atoms with Crippen molar-refractivity contribution in [1.29, 1.82) is 0 Å². The number of hydrogen-bond donors (Lipinski definition) is 3. The van der Waals surface area contributed by atoms with Gasteiger partial charge in [-0.2, -0.15) is 0 Å². The molecule has 1 saturated carbocycles. The fourth-order valence-corrected chi connectivity index (χ4v) is 2.58. The summed E-state index contributed by atoms with van der Waals surface area (Å²) >= 11 is 0. The lowest BCUT2D eigenvalue weighted by Gasteiger charge is -2.14. The Morgan fingerprint density at radius 1 is 1.21 bits per heavy atom. The van der Waals surface area contributed by atoms with Gasteiger partial charge in [0.1, 0.15) is 0 Å². The standard InChI is InChI=1S/C18H19N3O3/c22-12-18(6-7-18)14-4-1-5-15(9-14)21-16(23)11-20-17(24)13-3-2-8-19-10-13/h1-5,8-10,22H,6-7,11-12H2,(H,20,24)(H,21,23). The maximum atomic E-state index is 12.0. The lowest BCUT2D eigenvalue weighted by Crippen LogP contribution is -2.32. The van der Waals surface area contributed by atoms with E-state index in [2.05, 4.69) is 15.6 Å². The molecule has 1 aliphatic rings. The van der Waals surface area contributed by atoms with Crippen LogP contribution in [0.5, 0.6) is 0 Å². The Hall–Kier alpha value is -2.73. The van der Waals surface area contributed by atoms with Gasteiger partial charge in [0.05, 0.1) is 18.7 Å². The molecule has 3 rings (SSSR count). The Bertz CT molecular complexity index is 742. The van der Waals surface area contributed by atoms with E-state index in [1.165, 1.54) is 6.20 Å². The average Bonchev–Trinajstić information content (AvgIpc) is 3.42. The Morgan fingerprint density at radius 2 is 2.04 bits per heavy atom. The molecule has 2 amide bonds. The van der Waals surface area contributed by atoms with Gasteiger partial charge < -0.3 is 15.7 Å². The van der Waals surface area contributed by atoms with Gasteiger partial charge in [-0.15, -0.1) is 0 Å². The molecule has 124 valence electrons. The van der Waals surface area contributed by atoms with Gasteiger partial charge in [0, 0.05) is 23.5 Å². The molecule has 1 aromatic heterocycles. The highest BCUT2D eigenvalue weighted by Gasteiger charge is 2.43. The van der Waals surface area contributed by atoms with E-state index in [1.54, 1.807) is 24.4 Å². The van der Waals surface area contributed by atoms with E-state index in [4.69, 9.17) is 0 Å². The number of hydrogen-bond acceptors (Lipinski definition) is 4. The first-order valence-electron chi connectivity index (χ1n) is 7.82. The molecule has 1 aliphatic carbocycles. The van der Waals surface area contributed by atoms with Gasteiger partial charge in [-0.3, -0.25) is 14.6 Å². The van der Waals surface area contributed by atoms with E-state index in [9.17, 15) is 14.7 Å². The maximum absolute atomic E-state index is 12.0. The van der Waals surface area contributed by atoms with Gasteiger partial charge in [0.2, 0.25) is 5.91 Å². The molecule has 0 unspecified atom stereocenters. The number of aliphatic hydroxyl groups is 1. The van der Waals surface area contributed by atoms with Crippen molar-refractivity contribution in [2.24, 2.45) is 0 Å². The molecule has 1 heterocycles. The van der Waals surface area contributed by atoms with Crippen molar-refractivity contribution in [1.82, 2.24) is 10.3 Å². The second-order valence-electron chi connectivity index (χ2n) is 5.99. The molecule has 0 spiro atoms. The average molecular weight is 325 g/mol. The lowest BCUT2D eigenvalue weighted by molar-refractivity contribution is -0.115. The first-order valence-corrected chi connectivity index (χ1v) is 7.82. The van der Waals surface area contributed by atoms with Crippen LogP contribution in [0.4, 0.5) is 5.69 Å². The predicted octanol–water partition coefficient (Wildman–Crippen LogP) is 1.47. The zero-order valence-corrected chi connectivity index (χ0v) is 13.2. The van der Waals surface area contributed by atoms with Crippen molar-refractivity contribution in [2.75, 3.05) is 18.5 Å². The molecule has 0 atom stereocenters. The van der Waals surface area contributed by atoms with E-state index in [1.807, 2.05) is 18.2 Å². The van der Waals surface area contributed by atoms with Crippen molar-refractivity contribution in [3.05, 3.63) is 59.9 Å². The molecular formula is C18H19N3O3. The van der Waals surface area contributed by atoms with E-state index in [0.29, 0.717) is 11.3 Å². The summed E-state index contributed by atoms with van der Waals surface area (Å²) in [6.45, 7) is -0.00529. The van der Waals surface area contributed by atoms with Crippen LogP contribution < -0.4 is 10.6 Å². The number of carbonyl (C=O) groups is 2. The van der Waals surface area contributed by atoms with Crippen molar-refractivity contribution in [3.8, 4) is 0 Å². The zero-order chi connectivity index (χ0) is 17.0. The van der Waals surface area contributed by atoms with E-state index in [0.717, 1.165) is 18.4 Å². The lowest BCUT2D eigenvalue weighted by atomic mass is 9.96. The molecule has 6 nitrogen and oxygen atoms in total. The molecule has 6 heteroatoms. The number of amides is 2. The SMILES string of the molecule is O=C(CNC(=O)c1cccnc1)Nc1cccc(C2(CO)CC2)c1. The molecule has 1 aromatic carbocycles. The third kappa shape index (κ3) is 3.60. The van der Waals surface area contributed by atoms with Crippen LogP contribution in [0.25, 0.3) is 0 Å². The molecule has 0 saturated heterocycles. The molecule has 0 radical (unpaired) electrons. The van der Waals surface area contributed by atoms with Gasteiger partial charge in [0.25, 0.3) is 5.91 Å². The highest BCUT2D eigenvalue weighted by Crippen LogP contribution is 2.48. The number of benzene rings is 1. The van der Waals surface area contributed by atoms with E-state index < -0.39 is 0 Å². The minimum Gasteiger partial charge on any atom is -0.395 e. The summed E-state index contributed by atoms with van der Waals surface area (Å²) in [5, 5.41) is 14.8. The van der Waals surface area contributed by atoms with Gasteiger partial charge >= 0.3 is 0 Å². The Balaban J connectivity index is 1.56. The van der Waals surface area contributed by atoms with Crippen molar-refractivity contribution < 1.29 is 14.7 Å². The molecule has 3 N–H and O–H groups in total. The second kappa shape index (κ2) is 6.80. The molecular weight excluding hydrogens is 306 g/mol. The molecule has 24 heavy (non-hydrogen) atoms. The summed E-state index contributed by atoms with van der Waals surface area (Å²) in [7, 11) is 0. The van der Waals surface area contributed by atoms with Crippen LogP contribution in [-0.4, -0.2) is 35.1 Å². The summed E-state index contributed by atoms with van der Waals surface area (Å²) in [6, 6.07) is 10.8. The van der Waals surface area contributed by atoms with E-state index in [-0.39, 0.29) is 30.4 Å². The number of aliphatic hydroxyl groups excluding tert-OH is 1. The third-order valence-electron chi connectivity index (χ3n) is 4.25. The smallest absolute Gasteiger partial charge is 0.253 e. The van der Waals surface area contributed by atoms with Gasteiger partial charge in [-0.25, -0.2) is 0 Å². The number of anilines is 1. The van der Waals surface area contributed by atoms with Crippen LogP contribution in [-0.2, 0) is 10.2 Å². The molecule has 1 fully saturated rings. The molecule has 2 aromatic rings. The monoisotopic (exact) mass is 325 g/mol. The third-order valence-corrected chi connectivity index (χ3v) is 4.25. The summed E-state index contributed by atoms with van der Waals surface area (Å²) in [5.41, 5.74) is 1.95. The number of pyridine rings is 1. The molecule has 0 aliphatic heterocycles. The van der Waals surface area contributed by atoms with Crippen LogP contribution in [0.2, 0.25) is 0 Å². The van der Waals surface area contributed by atoms with Crippen LogP contribution in [0.3, 0.4) is 0 Å². The summed E-state index contributed by atoms with van der Waals surface area (Å²) < 4.78 is 0. The predicted molar refractivity (Wildman–Crippen MR) is 89.6 cm³/mol. The largest absolute Gasteiger partial charge is 0.395 e. The summed E-state index contributed by atoms with van der Waals surface area (Å²) in [6.07, 6.45) is 4.94. The van der Waals surface area contributed by atoms with Crippen LogP contribution in [0.15, 0.2) is 48.8 Å². The number of carbonyl (C=O) groups excluding carboxylic acids is 2. The topological polar surface area (TPSA) is 91.3 Å². The quantitative estimate of drug-likeness (QED) is 0.750. The van der Waals surface area contributed by atoms with Gasteiger partial charge in [0.15, 0.2) is 0 Å². The van der Waals surface area contributed by atoms with Crippen molar-refractivity contribution in [2.45, 2.75) is 18.3 Å². The normalized spacial score (nSPS) is 14.7. The minimum absolute atomic E-state index is 0.117.